The van der Waals surface area contributed by atoms with Crippen molar-refractivity contribution in [2.24, 2.45) is 0 Å². The highest BCUT2D eigenvalue weighted by Crippen LogP contribution is 2.48. The third kappa shape index (κ3) is 8.27. The van der Waals surface area contributed by atoms with Crippen LogP contribution in [0, 0.1) is 47.0 Å². The van der Waals surface area contributed by atoms with Crippen LogP contribution in [0.25, 0.3) is 0 Å². The summed E-state index contributed by atoms with van der Waals surface area (Å²) in [6, 6.07) is 20.7. The highest BCUT2D eigenvalue weighted by atomic mass is 19.1. The predicted octanol–water partition coefficient (Wildman–Crippen LogP) is 9.20. The SMILES string of the molecule is CCn1cc2c(n1)CCC[C@]21CC(=O)N(c2c(F)cc(C#Cc3ccccc3)cc2F)C(=O)N1C.CCn1ncc2c1CCC[C@]21CC(=O)N(c2c(F)cc(C#Cc3ccccc3)cc2F)C(=O)N1C. The van der Waals surface area contributed by atoms with Crippen LogP contribution in [0.3, 0.4) is 0 Å². The van der Waals surface area contributed by atoms with E-state index < -0.39 is 69.6 Å². The van der Waals surface area contributed by atoms with Crippen LogP contribution in [0.15, 0.2) is 97.3 Å². The first-order chi connectivity index (χ1) is 33.7. The van der Waals surface area contributed by atoms with Crippen molar-refractivity contribution >= 4 is 35.3 Å². The van der Waals surface area contributed by atoms with Crippen LogP contribution in [-0.2, 0) is 46.6 Å². The zero-order valence-corrected chi connectivity index (χ0v) is 39.0. The normalized spacial score (nSPS) is 19.5. The molecular formula is C54H48F4N8O4. The van der Waals surface area contributed by atoms with Crippen molar-refractivity contribution in [3.8, 4) is 23.7 Å². The van der Waals surface area contributed by atoms with E-state index in [2.05, 4.69) is 33.9 Å². The Balaban J connectivity index is 0.000000174. The standard InChI is InChI=1S/2C27H24F2N4O2/c1-3-32-17-20-23(30-32)10-7-13-27(20)16-24(34)33(26(35)31(27)2)25-21(28)14-19(15-22(25)29)12-11-18-8-5-4-6-9-18;1-3-32-23-10-7-13-27(20(23)17-30-32)16-24(34)33(26(35)31(27)2)25-21(28)14-19(15-22(25)29)12-11-18-8-5-4-6-9-18/h2*4-6,8-9,14-15,17H,3,7,10,13,16H2,1-2H3/t2*27-/m00/s1. The summed E-state index contributed by atoms with van der Waals surface area (Å²) in [5.74, 6) is 5.79. The van der Waals surface area contributed by atoms with E-state index in [1.807, 2.05) is 61.1 Å². The number of aryl methyl sites for hydroxylation is 3. The van der Waals surface area contributed by atoms with Gasteiger partial charge in [-0.3, -0.25) is 19.0 Å². The van der Waals surface area contributed by atoms with Gasteiger partial charge in [-0.25, -0.2) is 37.0 Å². The topological polar surface area (TPSA) is 117 Å². The van der Waals surface area contributed by atoms with Crippen molar-refractivity contribution in [2.45, 2.75) is 89.4 Å². The van der Waals surface area contributed by atoms with Crippen LogP contribution in [-0.4, -0.2) is 67.3 Å². The molecule has 2 aliphatic heterocycles. The van der Waals surface area contributed by atoms with Crippen LogP contribution in [0.5, 0.6) is 0 Å². The van der Waals surface area contributed by atoms with Gasteiger partial charge in [0.05, 0.1) is 35.8 Å². The van der Waals surface area contributed by atoms with Gasteiger partial charge in [0.1, 0.15) is 11.4 Å². The van der Waals surface area contributed by atoms with E-state index >= 15 is 17.6 Å². The molecule has 6 aromatic rings. The van der Waals surface area contributed by atoms with E-state index in [-0.39, 0.29) is 24.0 Å². The molecule has 12 nitrogen and oxygen atoms in total. The number of fused-ring (bicyclic) bond motifs is 4. The number of aromatic nitrogens is 4. The maximum Gasteiger partial charge on any atom is 0.332 e. The van der Waals surface area contributed by atoms with E-state index in [0.717, 1.165) is 72.5 Å². The van der Waals surface area contributed by atoms with E-state index in [9.17, 15) is 19.2 Å². The maximum atomic E-state index is 15.1. The number of hydrogen-bond acceptors (Lipinski definition) is 6. The van der Waals surface area contributed by atoms with Gasteiger partial charge in [0, 0.05) is 72.5 Å². The van der Waals surface area contributed by atoms with Gasteiger partial charge in [0.2, 0.25) is 11.8 Å². The summed E-state index contributed by atoms with van der Waals surface area (Å²) in [5.41, 5.74) is 2.04. The van der Waals surface area contributed by atoms with Gasteiger partial charge in [-0.1, -0.05) is 60.1 Å². The molecule has 10 rings (SSSR count). The average Bonchev–Trinajstić information content (AvgIpc) is 4.00. The molecule has 2 spiro atoms. The molecule has 70 heavy (non-hydrogen) atoms. The van der Waals surface area contributed by atoms with Crippen molar-refractivity contribution in [1.82, 2.24) is 29.4 Å². The number of benzene rings is 4. The molecule has 6 amide bonds. The monoisotopic (exact) mass is 948 g/mol. The highest BCUT2D eigenvalue weighted by molar-refractivity contribution is 6.17. The molecule has 4 aliphatic rings. The van der Waals surface area contributed by atoms with Crippen LogP contribution < -0.4 is 9.80 Å². The zero-order valence-electron chi connectivity index (χ0n) is 39.0. The fourth-order valence-electron chi connectivity index (χ4n) is 10.2. The summed E-state index contributed by atoms with van der Waals surface area (Å²) in [6.07, 6.45) is 7.70. The molecule has 2 fully saturated rings. The number of hydrogen-bond donors (Lipinski definition) is 0. The minimum atomic E-state index is -1.02. The largest absolute Gasteiger partial charge is 0.332 e. The van der Waals surface area contributed by atoms with Gasteiger partial charge < -0.3 is 9.80 Å². The Bertz CT molecular complexity index is 3000. The number of anilines is 2. The third-order valence-corrected chi connectivity index (χ3v) is 13.8. The number of urea groups is 2. The van der Waals surface area contributed by atoms with Crippen molar-refractivity contribution in [2.75, 3.05) is 23.9 Å². The summed E-state index contributed by atoms with van der Waals surface area (Å²) >= 11 is 0. The maximum absolute atomic E-state index is 15.1. The predicted molar refractivity (Wildman–Crippen MR) is 253 cm³/mol. The fraction of sp³-hybridized carbons (Fsp3) is 0.296. The number of carbonyl (C=O) groups excluding carboxylic acids is 4. The Labute approximate surface area is 402 Å². The van der Waals surface area contributed by atoms with Gasteiger partial charge in [-0.05, 0) is 101 Å². The van der Waals surface area contributed by atoms with Crippen LogP contribution in [0.4, 0.5) is 38.5 Å². The van der Waals surface area contributed by atoms with Gasteiger partial charge in [0.15, 0.2) is 23.3 Å². The first-order valence-electron chi connectivity index (χ1n) is 23.1. The molecule has 0 unspecified atom stereocenters. The number of carbonyl (C=O) groups is 4. The Kier molecular flexibility index (Phi) is 12.7. The lowest BCUT2D eigenvalue weighted by Gasteiger charge is -2.49. The average molecular weight is 949 g/mol. The molecule has 0 N–H and O–H groups in total. The van der Waals surface area contributed by atoms with Gasteiger partial charge >= 0.3 is 12.1 Å². The van der Waals surface area contributed by atoms with E-state index in [4.69, 9.17) is 0 Å². The Hall–Kier alpha value is -7.98. The molecule has 2 atom stereocenters. The Morgan fingerprint density at radius 2 is 1.03 bits per heavy atom. The van der Waals surface area contributed by atoms with Crippen molar-refractivity contribution in [3.05, 3.63) is 165 Å². The van der Waals surface area contributed by atoms with Crippen molar-refractivity contribution in [3.63, 3.8) is 0 Å². The molecule has 0 bridgehead atoms. The van der Waals surface area contributed by atoms with Crippen molar-refractivity contribution in [1.29, 1.82) is 0 Å². The molecule has 16 heteroatoms. The number of halogens is 4. The minimum Gasteiger partial charge on any atom is -0.317 e. The number of imide groups is 2. The number of rotatable bonds is 4. The molecule has 0 saturated carbocycles. The lowest BCUT2D eigenvalue weighted by atomic mass is 9.75. The zero-order chi connectivity index (χ0) is 49.5. The minimum absolute atomic E-state index is 0.0773. The molecule has 356 valence electrons. The Morgan fingerprint density at radius 1 is 0.586 bits per heavy atom. The Morgan fingerprint density at radius 3 is 1.49 bits per heavy atom. The molecule has 0 radical (unpaired) electrons. The highest BCUT2D eigenvalue weighted by Gasteiger charge is 2.54. The second-order valence-corrected chi connectivity index (χ2v) is 17.7. The van der Waals surface area contributed by atoms with E-state index in [1.165, 1.54) is 9.80 Å². The summed E-state index contributed by atoms with van der Waals surface area (Å²) in [7, 11) is 3.16. The summed E-state index contributed by atoms with van der Waals surface area (Å²) in [4.78, 5) is 57.6. The molecular weight excluding hydrogens is 901 g/mol. The van der Waals surface area contributed by atoms with E-state index in [1.54, 1.807) is 49.2 Å². The first-order valence-corrected chi connectivity index (χ1v) is 23.1. The van der Waals surface area contributed by atoms with Gasteiger partial charge in [-0.15, -0.1) is 0 Å². The quantitative estimate of drug-likeness (QED) is 0.129. The van der Waals surface area contributed by atoms with Crippen LogP contribution >= 0.6 is 0 Å². The smallest absolute Gasteiger partial charge is 0.317 e. The molecule has 2 aliphatic carbocycles. The summed E-state index contributed by atoms with van der Waals surface area (Å²) in [6.45, 7) is 5.29. The molecule has 2 saturated heterocycles. The van der Waals surface area contributed by atoms with Gasteiger partial charge in [-0.2, -0.15) is 10.2 Å². The number of nitrogens with zero attached hydrogens (tertiary/aromatic N) is 8. The van der Waals surface area contributed by atoms with Crippen LogP contribution in [0.1, 0.15) is 97.1 Å². The van der Waals surface area contributed by atoms with Gasteiger partial charge in [0.25, 0.3) is 0 Å². The fourth-order valence-corrected chi connectivity index (χ4v) is 10.2. The third-order valence-electron chi connectivity index (χ3n) is 13.8. The summed E-state index contributed by atoms with van der Waals surface area (Å²) < 4.78 is 64.2. The van der Waals surface area contributed by atoms with E-state index in [0.29, 0.717) is 46.9 Å². The lowest BCUT2D eigenvalue weighted by Crippen LogP contribution is -2.62. The molecule has 2 aromatic heterocycles. The second-order valence-electron chi connectivity index (χ2n) is 17.7. The lowest BCUT2D eigenvalue weighted by molar-refractivity contribution is -0.123. The van der Waals surface area contributed by atoms with Crippen LogP contribution in [0.2, 0.25) is 0 Å². The summed E-state index contributed by atoms with van der Waals surface area (Å²) in [5, 5.41) is 9.00. The molecule has 4 aromatic carbocycles. The molecule has 4 heterocycles. The number of amides is 6. The first kappa shape index (κ1) is 47.1. The second kappa shape index (κ2) is 18.8. The van der Waals surface area contributed by atoms with Crippen molar-refractivity contribution < 1.29 is 36.7 Å².